The Morgan fingerprint density at radius 3 is 2.64 bits per heavy atom. The third-order valence-corrected chi connectivity index (χ3v) is 3.90. The first-order valence-corrected chi connectivity index (χ1v) is 8.29. The molecule has 0 radical (unpaired) electrons. The van der Waals surface area contributed by atoms with E-state index in [1.807, 2.05) is 32.0 Å². The number of benzene rings is 2. The van der Waals surface area contributed by atoms with Crippen LogP contribution in [0.15, 0.2) is 39.9 Å². The van der Waals surface area contributed by atoms with E-state index in [1.165, 1.54) is 13.3 Å². The number of methoxy groups -OCH3 is 1. The summed E-state index contributed by atoms with van der Waals surface area (Å²) in [6.07, 6.45) is 1.33. The average molecular weight is 407 g/mol. The molecule has 132 valence electrons. The van der Waals surface area contributed by atoms with Gasteiger partial charge in [-0.1, -0.05) is 34.1 Å². The second kappa shape index (κ2) is 8.53. The maximum Gasteiger partial charge on any atom is 0.277 e. The smallest absolute Gasteiger partial charge is 0.277 e. The highest BCUT2D eigenvalue weighted by atomic mass is 79.9. The lowest BCUT2D eigenvalue weighted by atomic mass is 10.1. The van der Waals surface area contributed by atoms with Gasteiger partial charge < -0.3 is 14.6 Å². The van der Waals surface area contributed by atoms with Crippen LogP contribution in [0, 0.1) is 13.8 Å². The molecule has 0 saturated carbocycles. The van der Waals surface area contributed by atoms with Crippen molar-refractivity contribution in [2.24, 2.45) is 5.10 Å². The summed E-state index contributed by atoms with van der Waals surface area (Å²) in [6.45, 7) is 3.68. The molecule has 7 heteroatoms. The van der Waals surface area contributed by atoms with Gasteiger partial charge in [-0.3, -0.25) is 4.79 Å². The number of hydrazone groups is 1. The van der Waals surface area contributed by atoms with Gasteiger partial charge in [-0.25, -0.2) is 5.43 Å². The number of hydrogen-bond acceptors (Lipinski definition) is 5. The number of aromatic hydroxyl groups is 1. The van der Waals surface area contributed by atoms with E-state index in [0.29, 0.717) is 21.5 Å². The number of halogens is 1. The fraction of sp³-hybridized carbons (Fsp3) is 0.222. The topological polar surface area (TPSA) is 80.2 Å². The first kappa shape index (κ1) is 18.8. The molecular formula is C18H19BrN2O4. The van der Waals surface area contributed by atoms with Gasteiger partial charge in [-0.15, -0.1) is 0 Å². The summed E-state index contributed by atoms with van der Waals surface area (Å²) in [6, 6.07) is 9.05. The molecule has 25 heavy (non-hydrogen) atoms. The van der Waals surface area contributed by atoms with Gasteiger partial charge in [0.15, 0.2) is 18.1 Å². The van der Waals surface area contributed by atoms with Gasteiger partial charge in [0.05, 0.1) is 13.3 Å². The van der Waals surface area contributed by atoms with Crippen molar-refractivity contribution < 1.29 is 19.4 Å². The quantitative estimate of drug-likeness (QED) is 0.569. The maximum absolute atomic E-state index is 11.9. The Morgan fingerprint density at radius 1 is 1.32 bits per heavy atom. The minimum absolute atomic E-state index is 0.0597. The molecule has 0 atom stereocenters. The van der Waals surface area contributed by atoms with Crippen LogP contribution < -0.4 is 14.9 Å². The van der Waals surface area contributed by atoms with E-state index in [9.17, 15) is 9.90 Å². The Labute approximate surface area is 154 Å². The second-order valence-electron chi connectivity index (χ2n) is 5.35. The molecule has 0 unspecified atom stereocenters. The van der Waals surface area contributed by atoms with E-state index in [1.54, 1.807) is 12.1 Å². The van der Waals surface area contributed by atoms with E-state index in [2.05, 4.69) is 26.5 Å². The van der Waals surface area contributed by atoms with Crippen LogP contribution in [0.3, 0.4) is 0 Å². The standard InChI is InChI=1S/C18H19BrN2O4/c1-11-5-4-6-12(2)18(11)25-10-16(22)21-20-9-13-7-14(19)8-15(24-3)17(13)23/h4-9,23H,10H2,1-3H3,(H,21,22). The van der Waals surface area contributed by atoms with Crippen molar-refractivity contribution in [3.8, 4) is 17.2 Å². The van der Waals surface area contributed by atoms with Gasteiger partial charge in [-0.2, -0.15) is 5.10 Å². The Bertz CT molecular complexity index is 786. The number of rotatable bonds is 6. The summed E-state index contributed by atoms with van der Waals surface area (Å²) in [5.74, 6) is 0.535. The highest BCUT2D eigenvalue weighted by Gasteiger charge is 2.09. The first-order valence-electron chi connectivity index (χ1n) is 7.49. The van der Waals surface area contributed by atoms with Crippen LogP contribution in [0.2, 0.25) is 0 Å². The maximum atomic E-state index is 11.9. The fourth-order valence-electron chi connectivity index (χ4n) is 2.22. The van der Waals surface area contributed by atoms with Crippen molar-refractivity contribution in [3.05, 3.63) is 51.5 Å². The van der Waals surface area contributed by atoms with Gasteiger partial charge >= 0.3 is 0 Å². The number of ether oxygens (including phenoxy) is 2. The summed E-state index contributed by atoms with van der Waals surface area (Å²) >= 11 is 3.31. The molecule has 2 rings (SSSR count). The Hall–Kier alpha value is -2.54. The zero-order valence-electron chi connectivity index (χ0n) is 14.2. The number of phenolic OH excluding ortho intramolecular Hbond substituents is 1. The summed E-state index contributed by atoms with van der Waals surface area (Å²) in [7, 11) is 1.45. The van der Waals surface area contributed by atoms with Gasteiger partial charge in [0.2, 0.25) is 0 Å². The first-order chi connectivity index (χ1) is 11.9. The number of carbonyl (C=O) groups is 1. The molecule has 6 nitrogen and oxygen atoms in total. The van der Waals surface area contributed by atoms with E-state index in [0.717, 1.165) is 11.1 Å². The van der Waals surface area contributed by atoms with Crippen molar-refractivity contribution in [2.45, 2.75) is 13.8 Å². The molecule has 0 aliphatic rings. The Morgan fingerprint density at radius 2 is 2.00 bits per heavy atom. The third kappa shape index (κ3) is 4.96. The highest BCUT2D eigenvalue weighted by Crippen LogP contribution is 2.32. The minimum atomic E-state index is -0.402. The van der Waals surface area contributed by atoms with Gasteiger partial charge in [0.25, 0.3) is 5.91 Å². The molecule has 2 aromatic rings. The molecule has 0 aliphatic heterocycles. The second-order valence-corrected chi connectivity index (χ2v) is 6.26. The molecule has 0 aromatic heterocycles. The molecule has 0 spiro atoms. The van der Waals surface area contributed by atoms with Crippen molar-refractivity contribution in [2.75, 3.05) is 13.7 Å². The van der Waals surface area contributed by atoms with Crippen molar-refractivity contribution >= 4 is 28.1 Å². The molecule has 0 heterocycles. The number of amides is 1. The molecule has 0 aliphatic carbocycles. The Balaban J connectivity index is 1.96. The summed E-state index contributed by atoms with van der Waals surface area (Å²) in [5.41, 5.74) is 4.69. The van der Waals surface area contributed by atoms with Gasteiger partial charge in [0, 0.05) is 10.0 Å². The number of nitrogens with one attached hydrogen (secondary N) is 1. The normalized spacial score (nSPS) is 10.7. The molecular weight excluding hydrogens is 388 g/mol. The van der Waals surface area contributed by atoms with Crippen molar-refractivity contribution in [3.63, 3.8) is 0 Å². The van der Waals surface area contributed by atoms with Crippen LogP contribution in [0.5, 0.6) is 17.2 Å². The number of nitrogens with zero attached hydrogens (tertiary/aromatic N) is 1. The van der Waals surface area contributed by atoms with Crippen molar-refractivity contribution in [1.29, 1.82) is 0 Å². The van der Waals surface area contributed by atoms with E-state index < -0.39 is 5.91 Å². The lowest BCUT2D eigenvalue weighted by Gasteiger charge is -2.10. The Kier molecular flexibility index (Phi) is 6.41. The van der Waals surface area contributed by atoms with Crippen LogP contribution in [0.25, 0.3) is 0 Å². The lowest BCUT2D eigenvalue weighted by molar-refractivity contribution is -0.123. The molecule has 0 bridgehead atoms. The van der Waals surface area contributed by atoms with Crippen LogP contribution in [0.1, 0.15) is 16.7 Å². The van der Waals surface area contributed by atoms with E-state index >= 15 is 0 Å². The van der Waals surface area contributed by atoms with Crippen LogP contribution >= 0.6 is 15.9 Å². The zero-order valence-corrected chi connectivity index (χ0v) is 15.8. The number of para-hydroxylation sites is 1. The SMILES string of the molecule is COc1cc(Br)cc(C=NNC(=O)COc2c(C)cccc2C)c1O. The lowest BCUT2D eigenvalue weighted by Crippen LogP contribution is -2.25. The van der Waals surface area contributed by atoms with E-state index in [-0.39, 0.29) is 12.4 Å². The number of hydrogen-bond donors (Lipinski definition) is 2. The summed E-state index contributed by atoms with van der Waals surface area (Å²) in [5, 5.41) is 13.9. The zero-order chi connectivity index (χ0) is 18.4. The molecule has 2 aromatic carbocycles. The molecule has 0 fully saturated rings. The number of carbonyl (C=O) groups excluding carboxylic acids is 1. The summed E-state index contributed by atoms with van der Waals surface area (Å²) in [4.78, 5) is 11.9. The highest BCUT2D eigenvalue weighted by molar-refractivity contribution is 9.10. The third-order valence-electron chi connectivity index (χ3n) is 3.44. The fourth-order valence-corrected chi connectivity index (χ4v) is 2.67. The van der Waals surface area contributed by atoms with Crippen LogP contribution in [0.4, 0.5) is 0 Å². The van der Waals surface area contributed by atoms with Gasteiger partial charge in [-0.05, 0) is 37.1 Å². The van der Waals surface area contributed by atoms with E-state index in [4.69, 9.17) is 9.47 Å². The molecule has 0 saturated heterocycles. The van der Waals surface area contributed by atoms with Gasteiger partial charge in [0.1, 0.15) is 5.75 Å². The van der Waals surface area contributed by atoms with Crippen molar-refractivity contribution in [1.82, 2.24) is 5.43 Å². The average Bonchev–Trinajstić information content (AvgIpc) is 2.57. The largest absolute Gasteiger partial charge is 0.504 e. The minimum Gasteiger partial charge on any atom is -0.504 e. The predicted molar refractivity (Wildman–Crippen MR) is 99.5 cm³/mol. The monoisotopic (exact) mass is 406 g/mol. The summed E-state index contributed by atoms with van der Waals surface area (Å²) < 4.78 is 11.3. The molecule has 1 amide bonds. The number of aryl methyl sites for hydroxylation is 2. The molecule has 2 N–H and O–H groups in total. The van der Waals surface area contributed by atoms with Crippen LogP contribution in [-0.2, 0) is 4.79 Å². The predicted octanol–water partition coefficient (Wildman–Crippen LogP) is 3.31. The van der Waals surface area contributed by atoms with Crippen LogP contribution in [-0.4, -0.2) is 30.9 Å². The number of phenols is 1.